The summed E-state index contributed by atoms with van der Waals surface area (Å²) in [6.45, 7) is 4.22. The minimum atomic E-state index is 1.08. The number of hydrogen-bond donors (Lipinski definition) is 0. The Morgan fingerprint density at radius 1 is 1.70 bits per heavy atom. The summed E-state index contributed by atoms with van der Waals surface area (Å²) in [5.74, 6) is 0. The van der Waals surface area contributed by atoms with Crippen LogP contribution in [0.15, 0.2) is 35.7 Å². The Morgan fingerprint density at radius 2 is 2.50 bits per heavy atom. The van der Waals surface area contributed by atoms with Crippen LogP contribution in [-0.4, -0.2) is 0 Å². The second-order valence-corrected chi connectivity index (χ2v) is 2.32. The third kappa shape index (κ3) is 1.50. The van der Waals surface area contributed by atoms with Crippen LogP contribution in [0.25, 0.3) is 0 Å². The molecule has 0 spiro atoms. The lowest BCUT2D eigenvalue weighted by Crippen LogP contribution is -1.92. The van der Waals surface area contributed by atoms with Crippen molar-refractivity contribution >= 4 is 0 Å². The third-order valence-corrected chi connectivity index (χ3v) is 1.47. The predicted molar refractivity (Wildman–Crippen MR) is 43.4 cm³/mol. The quantitative estimate of drug-likeness (QED) is 0.550. The molecular formula is C9H12N. The molecule has 0 fully saturated rings. The maximum absolute atomic E-state index is 4.17. The summed E-state index contributed by atoms with van der Waals surface area (Å²) in [7, 11) is 0. The van der Waals surface area contributed by atoms with E-state index in [2.05, 4.69) is 25.2 Å². The van der Waals surface area contributed by atoms with Gasteiger partial charge in [-0.05, 0) is 31.1 Å². The molecule has 1 nitrogen and oxygen atoms in total. The third-order valence-electron chi connectivity index (χ3n) is 1.47. The molecule has 0 aromatic rings. The topological polar surface area (TPSA) is 14.1 Å². The number of nitrogens with zero attached hydrogens (tertiary/aromatic N) is 1. The van der Waals surface area contributed by atoms with E-state index in [1.807, 2.05) is 18.4 Å². The van der Waals surface area contributed by atoms with E-state index >= 15 is 0 Å². The standard InChI is InChI=1S/C9H12N/c1-3-5-8(2)9-6-4-7-10-9/h4-7H,3H2,1-2H3/b8-5+. The maximum atomic E-state index is 4.17. The summed E-state index contributed by atoms with van der Waals surface area (Å²) < 4.78 is 0. The van der Waals surface area contributed by atoms with Crippen molar-refractivity contribution in [1.82, 2.24) is 5.32 Å². The van der Waals surface area contributed by atoms with E-state index in [9.17, 15) is 0 Å². The van der Waals surface area contributed by atoms with E-state index < -0.39 is 0 Å². The Labute approximate surface area is 62.1 Å². The molecule has 0 aromatic heterocycles. The molecule has 1 heterocycles. The Hall–Kier alpha value is -0.980. The van der Waals surface area contributed by atoms with Gasteiger partial charge in [-0.15, -0.1) is 0 Å². The molecule has 0 aromatic carbocycles. The lowest BCUT2D eigenvalue weighted by molar-refractivity contribution is 1.06. The molecule has 0 saturated heterocycles. The zero-order valence-corrected chi connectivity index (χ0v) is 6.46. The molecule has 1 heteroatoms. The van der Waals surface area contributed by atoms with Gasteiger partial charge < -0.3 is 0 Å². The maximum Gasteiger partial charge on any atom is 0.0656 e. The zero-order chi connectivity index (χ0) is 7.40. The van der Waals surface area contributed by atoms with Gasteiger partial charge in [-0.25, -0.2) is 0 Å². The van der Waals surface area contributed by atoms with Crippen LogP contribution in [0, 0.1) is 0 Å². The van der Waals surface area contributed by atoms with E-state index in [1.165, 1.54) is 5.57 Å². The summed E-state index contributed by atoms with van der Waals surface area (Å²) in [5.41, 5.74) is 2.37. The van der Waals surface area contributed by atoms with E-state index in [-0.39, 0.29) is 0 Å². The van der Waals surface area contributed by atoms with Gasteiger partial charge >= 0.3 is 0 Å². The van der Waals surface area contributed by atoms with Crippen molar-refractivity contribution in [3.63, 3.8) is 0 Å². The van der Waals surface area contributed by atoms with Crippen LogP contribution >= 0.6 is 0 Å². The lowest BCUT2D eigenvalue weighted by Gasteiger charge is -1.98. The van der Waals surface area contributed by atoms with Crippen molar-refractivity contribution in [2.24, 2.45) is 0 Å². The van der Waals surface area contributed by atoms with Gasteiger partial charge in [0.05, 0.1) is 5.70 Å². The first kappa shape index (κ1) is 7.13. The summed E-state index contributed by atoms with van der Waals surface area (Å²) in [6.07, 6.45) is 9.08. The first-order valence-electron chi connectivity index (χ1n) is 3.59. The van der Waals surface area contributed by atoms with Crippen molar-refractivity contribution < 1.29 is 0 Å². The van der Waals surface area contributed by atoms with Crippen LogP contribution in [0.2, 0.25) is 0 Å². The number of hydrogen-bond acceptors (Lipinski definition) is 0. The highest BCUT2D eigenvalue weighted by molar-refractivity contribution is 5.35. The highest BCUT2D eigenvalue weighted by Crippen LogP contribution is 2.11. The molecule has 53 valence electrons. The number of rotatable bonds is 2. The van der Waals surface area contributed by atoms with Gasteiger partial charge in [0.15, 0.2) is 0 Å². The number of allylic oxidation sites excluding steroid dienone is 4. The average Bonchev–Trinajstić information content (AvgIpc) is 2.38. The monoisotopic (exact) mass is 134 g/mol. The minimum Gasteiger partial charge on any atom is -0.257 e. The Morgan fingerprint density at radius 3 is 3.00 bits per heavy atom. The molecule has 10 heavy (non-hydrogen) atoms. The van der Waals surface area contributed by atoms with Crippen molar-refractivity contribution in [1.29, 1.82) is 0 Å². The first-order valence-corrected chi connectivity index (χ1v) is 3.59. The summed E-state index contributed by atoms with van der Waals surface area (Å²) in [5, 5.41) is 4.17. The van der Waals surface area contributed by atoms with Gasteiger partial charge in [-0.2, -0.15) is 0 Å². The lowest BCUT2D eigenvalue weighted by atomic mass is 10.2. The Kier molecular flexibility index (Phi) is 2.32. The fourth-order valence-electron chi connectivity index (χ4n) is 0.945. The highest BCUT2D eigenvalue weighted by Gasteiger charge is 2.00. The summed E-state index contributed by atoms with van der Waals surface area (Å²) >= 11 is 0. The van der Waals surface area contributed by atoms with E-state index in [0.29, 0.717) is 0 Å². The van der Waals surface area contributed by atoms with Crippen LogP contribution in [-0.2, 0) is 0 Å². The molecule has 0 bridgehead atoms. The largest absolute Gasteiger partial charge is 0.257 e. The molecule has 1 rings (SSSR count). The van der Waals surface area contributed by atoms with Crippen LogP contribution < -0.4 is 5.32 Å². The molecule has 0 unspecified atom stereocenters. The van der Waals surface area contributed by atoms with E-state index in [1.54, 1.807) is 0 Å². The molecule has 0 aliphatic carbocycles. The zero-order valence-electron chi connectivity index (χ0n) is 6.46. The van der Waals surface area contributed by atoms with E-state index in [4.69, 9.17) is 0 Å². The van der Waals surface area contributed by atoms with Crippen molar-refractivity contribution in [3.05, 3.63) is 35.7 Å². The second kappa shape index (κ2) is 3.25. The van der Waals surface area contributed by atoms with Gasteiger partial charge in [0.1, 0.15) is 0 Å². The van der Waals surface area contributed by atoms with Crippen molar-refractivity contribution in [2.45, 2.75) is 20.3 Å². The highest BCUT2D eigenvalue weighted by atomic mass is 14.9. The molecule has 1 aliphatic heterocycles. The minimum absolute atomic E-state index is 1.08. The smallest absolute Gasteiger partial charge is 0.0656 e. The van der Waals surface area contributed by atoms with Crippen molar-refractivity contribution in [2.75, 3.05) is 0 Å². The molecule has 1 aliphatic rings. The molecule has 0 atom stereocenters. The first-order chi connectivity index (χ1) is 4.84. The second-order valence-electron chi connectivity index (χ2n) is 2.32. The van der Waals surface area contributed by atoms with Crippen molar-refractivity contribution in [3.8, 4) is 0 Å². The van der Waals surface area contributed by atoms with Gasteiger partial charge in [0, 0.05) is 6.20 Å². The average molecular weight is 134 g/mol. The fourth-order valence-corrected chi connectivity index (χ4v) is 0.945. The van der Waals surface area contributed by atoms with Gasteiger partial charge in [0.25, 0.3) is 0 Å². The van der Waals surface area contributed by atoms with Gasteiger partial charge in [-0.3, -0.25) is 5.32 Å². The fraction of sp³-hybridized carbons (Fsp3) is 0.333. The summed E-state index contributed by atoms with van der Waals surface area (Å²) in [6, 6.07) is 0. The molecule has 0 saturated carbocycles. The van der Waals surface area contributed by atoms with Gasteiger partial charge in [0.2, 0.25) is 0 Å². The van der Waals surface area contributed by atoms with Crippen LogP contribution in [0.4, 0.5) is 0 Å². The molecule has 0 N–H and O–H groups in total. The molecular weight excluding hydrogens is 122 g/mol. The molecule has 1 radical (unpaired) electrons. The Bertz CT molecular complexity index is 197. The van der Waals surface area contributed by atoms with Crippen LogP contribution in [0.1, 0.15) is 20.3 Å². The SMILES string of the molecule is CC/C=C(\C)C1=CC=C[N]1. The van der Waals surface area contributed by atoms with Crippen LogP contribution in [0.5, 0.6) is 0 Å². The Balaban J connectivity index is 2.58. The predicted octanol–water partition coefficient (Wildman–Crippen LogP) is 2.36. The molecule has 0 amide bonds. The normalized spacial score (nSPS) is 17.0. The van der Waals surface area contributed by atoms with Gasteiger partial charge in [-0.1, -0.05) is 13.0 Å². The van der Waals surface area contributed by atoms with E-state index in [0.717, 1.165) is 12.1 Å². The summed E-state index contributed by atoms with van der Waals surface area (Å²) in [4.78, 5) is 0. The van der Waals surface area contributed by atoms with Crippen LogP contribution in [0.3, 0.4) is 0 Å².